The van der Waals surface area contributed by atoms with Gasteiger partial charge in [-0.25, -0.2) is 19.9 Å². The molecule has 3 aliphatic heterocycles. The summed E-state index contributed by atoms with van der Waals surface area (Å²) in [7, 11) is 2.09. The van der Waals surface area contributed by atoms with E-state index in [1.165, 1.54) is 5.56 Å². The largest absolute Gasteiger partial charge is 0.383 e. The number of nitrogens with zero attached hydrogens (tertiary/aromatic N) is 9. The highest BCUT2D eigenvalue weighted by atomic mass is 15.4. The van der Waals surface area contributed by atoms with E-state index in [0.29, 0.717) is 29.5 Å². The van der Waals surface area contributed by atoms with E-state index in [4.69, 9.17) is 10.7 Å². The lowest BCUT2D eigenvalue weighted by Gasteiger charge is -2.41. The van der Waals surface area contributed by atoms with Crippen LogP contribution in [0.4, 0.5) is 29.0 Å². The lowest BCUT2D eigenvalue weighted by molar-refractivity contribution is 0.160. The number of hydrogen-bond acceptors (Lipinski definition) is 10. The number of anilines is 5. The van der Waals surface area contributed by atoms with Gasteiger partial charge in [0.05, 0.1) is 11.4 Å². The molecule has 46 heavy (non-hydrogen) atoms. The van der Waals surface area contributed by atoms with Crippen LogP contribution in [-0.2, 0) is 6.54 Å². The normalized spacial score (nSPS) is 20.5. The van der Waals surface area contributed by atoms with Crippen LogP contribution >= 0.6 is 0 Å². The molecular formula is C36H34N10. The average Bonchev–Trinajstić information content (AvgIpc) is 3.51. The molecule has 2 fully saturated rings. The van der Waals surface area contributed by atoms with E-state index in [0.717, 1.165) is 66.5 Å². The zero-order valence-electron chi connectivity index (χ0n) is 25.6. The number of fused-ring (bicyclic) bond motifs is 3. The summed E-state index contributed by atoms with van der Waals surface area (Å²) >= 11 is 0. The maximum absolute atomic E-state index is 9.29. The van der Waals surface area contributed by atoms with Gasteiger partial charge in [-0.1, -0.05) is 42.5 Å². The van der Waals surface area contributed by atoms with Crippen LogP contribution in [0.1, 0.15) is 35.8 Å². The maximum Gasteiger partial charge on any atom is 0.226 e. The molecule has 228 valence electrons. The molecule has 0 spiro atoms. The smallest absolute Gasteiger partial charge is 0.226 e. The van der Waals surface area contributed by atoms with Crippen LogP contribution in [-0.4, -0.2) is 57.1 Å². The Morgan fingerprint density at radius 2 is 1.63 bits per heavy atom. The third-order valence-corrected chi connectivity index (χ3v) is 9.55. The first-order chi connectivity index (χ1) is 22.6. The molecule has 2 N–H and O–H groups in total. The van der Waals surface area contributed by atoms with Crippen molar-refractivity contribution in [1.29, 1.82) is 5.26 Å². The third kappa shape index (κ3) is 4.86. The number of nitriles is 1. The second-order valence-electron chi connectivity index (χ2n) is 12.2. The number of rotatable bonds is 6. The van der Waals surface area contributed by atoms with Crippen LogP contribution < -0.4 is 20.4 Å². The Labute approximate surface area is 268 Å². The number of benzene rings is 2. The highest BCUT2D eigenvalue weighted by Crippen LogP contribution is 2.50. The van der Waals surface area contributed by atoms with Crippen molar-refractivity contribution in [3.8, 4) is 17.3 Å². The van der Waals surface area contributed by atoms with Gasteiger partial charge in [-0.05, 0) is 60.9 Å². The first-order valence-corrected chi connectivity index (χ1v) is 15.7. The van der Waals surface area contributed by atoms with Crippen molar-refractivity contribution in [1.82, 2.24) is 24.8 Å². The molecule has 0 radical (unpaired) electrons. The number of pyridine rings is 2. The highest BCUT2D eigenvalue weighted by Gasteiger charge is 2.41. The molecule has 3 aromatic heterocycles. The Balaban J connectivity index is 1.08. The van der Waals surface area contributed by atoms with Crippen molar-refractivity contribution >= 4 is 29.0 Å². The van der Waals surface area contributed by atoms with E-state index in [-0.39, 0.29) is 6.17 Å². The van der Waals surface area contributed by atoms with Crippen LogP contribution in [0.5, 0.6) is 0 Å². The molecule has 2 saturated heterocycles. The van der Waals surface area contributed by atoms with Crippen molar-refractivity contribution in [2.24, 2.45) is 0 Å². The Morgan fingerprint density at radius 1 is 0.848 bits per heavy atom. The fraction of sp³-hybridized carbons (Fsp3) is 0.250. The molecule has 3 aliphatic rings. The Morgan fingerprint density at radius 3 is 2.37 bits per heavy atom. The topological polar surface area (TPSA) is 114 Å². The summed E-state index contributed by atoms with van der Waals surface area (Å²) < 4.78 is 0. The Bertz CT molecular complexity index is 1910. The molecule has 10 nitrogen and oxygen atoms in total. The molecule has 6 heterocycles. The Hall–Kier alpha value is -5.53. The number of nitrogens with two attached hydrogens (primary N) is 1. The zero-order valence-corrected chi connectivity index (χ0v) is 25.6. The lowest BCUT2D eigenvalue weighted by atomic mass is 10.1. The van der Waals surface area contributed by atoms with Gasteiger partial charge in [0, 0.05) is 68.0 Å². The molecule has 10 heteroatoms. The van der Waals surface area contributed by atoms with Crippen LogP contribution in [0.3, 0.4) is 0 Å². The van der Waals surface area contributed by atoms with Gasteiger partial charge < -0.3 is 15.5 Å². The van der Waals surface area contributed by atoms with E-state index in [1.54, 1.807) is 18.5 Å². The summed E-state index contributed by atoms with van der Waals surface area (Å²) in [6, 6.07) is 32.0. The van der Waals surface area contributed by atoms with Crippen molar-refractivity contribution in [2.45, 2.75) is 37.6 Å². The van der Waals surface area contributed by atoms with Crippen molar-refractivity contribution in [2.75, 3.05) is 40.6 Å². The molecule has 3 atom stereocenters. The lowest BCUT2D eigenvalue weighted by Crippen LogP contribution is -2.53. The number of nitrogen functional groups attached to an aromatic ring is 1. The van der Waals surface area contributed by atoms with Crippen LogP contribution in [0.15, 0.2) is 97.3 Å². The maximum atomic E-state index is 9.29. The van der Waals surface area contributed by atoms with Gasteiger partial charge >= 0.3 is 0 Å². The average molecular weight is 607 g/mol. The molecule has 8 rings (SSSR count). The fourth-order valence-corrected chi connectivity index (χ4v) is 7.29. The summed E-state index contributed by atoms with van der Waals surface area (Å²) in [6.07, 6.45) is 5.52. The van der Waals surface area contributed by atoms with Crippen molar-refractivity contribution in [3.63, 3.8) is 0 Å². The van der Waals surface area contributed by atoms with Crippen LogP contribution in [0, 0.1) is 11.3 Å². The molecule has 2 aromatic carbocycles. The summed E-state index contributed by atoms with van der Waals surface area (Å²) in [4.78, 5) is 27.9. The molecule has 0 aliphatic carbocycles. The summed E-state index contributed by atoms with van der Waals surface area (Å²) in [5.74, 6) is 2.06. The molecule has 0 saturated carbocycles. The first kappa shape index (κ1) is 28.0. The number of piperazine rings is 1. The molecule has 0 amide bonds. The molecule has 2 bridgehead atoms. The standard InChI is InChI=1S/C36H34N10/c1-43-32-16-15-31(25-6-3-2-4-7-25)42-34(32)46(35(43)30-8-5-18-39-33(30)38)27-11-9-24(10-12-27)21-45-28-13-14-29(45)23-44(22-28)36-40-19-17-26(20-37)41-36/h2-12,15-19,28-29,35H,13-14,21-23H2,1H3,(H2,38,39). The van der Waals surface area contributed by atoms with E-state index in [9.17, 15) is 5.26 Å². The second kappa shape index (κ2) is 11.4. The first-order valence-electron chi connectivity index (χ1n) is 15.7. The SMILES string of the molecule is CN1c2ccc(-c3ccccc3)nc2N(c2ccc(CN3C4CCC3CN(c3nccc(C#N)n3)C4)cc2)C1c1cccnc1N. The second-order valence-corrected chi connectivity index (χ2v) is 12.2. The van der Waals surface area contributed by atoms with Gasteiger partial charge in [0.2, 0.25) is 5.95 Å². The van der Waals surface area contributed by atoms with Gasteiger partial charge in [-0.3, -0.25) is 9.80 Å². The summed E-state index contributed by atoms with van der Waals surface area (Å²) in [5.41, 5.74) is 13.2. The van der Waals surface area contributed by atoms with E-state index in [2.05, 4.69) is 96.2 Å². The minimum atomic E-state index is -0.196. The van der Waals surface area contributed by atoms with E-state index in [1.807, 2.05) is 30.3 Å². The van der Waals surface area contributed by atoms with E-state index >= 15 is 0 Å². The van der Waals surface area contributed by atoms with Gasteiger partial charge in [0.25, 0.3) is 0 Å². The van der Waals surface area contributed by atoms with Gasteiger partial charge in [0.1, 0.15) is 23.7 Å². The highest BCUT2D eigenvalue weighted by molar-refractivity contribution is 5.84. The monoisotopic (exact) mass is 606 g/mol. The predicted octanol–water partition coefficient (Wildman–Crippen LogP) is 5.53. The minimum absolute atomic E-state index is 0.196. The minimum Gasteiger partial charge on any atom is -0.383 e. The Kier molecular flexibility index (Phi) is 6.96. The number of aromatic nitrogens is 4. The third-order valence-electron chi connectivity index (χ3n) is 9.55. The zero-order chi connectivity index (χ0) is 31.2. The van der Waals surface area contributed by atoms with Crippen molar-refractivity contribution in [3.05, 3.63) is 114 Å². The molecular weight excluding hydrogens is 572 g/mol. The quantitative estimate of drug-likeness (QED) is 0.265. The summed E-state index contributed by atoms with van der Waals surface area (Å²) in [6.45, 7) is 2.61. The van der Waals surface area contributed by atoms with Gasteiger partial charge in [0.15, 0.2) is 5.82 Å². The van der Waals surface area contributed by atoms with E-state index < -0.39 is 0 Å². The number of hydrogen-bond donors (Lipinski definition) is 1. The summed E-state index contributed by atoms with van der Waals surface area (Å²) in [5, 5.41) is 9.29. The fourth-order valence-electron chi connectivity index (χ4n) is 7.29. The predicted molar refractivity (Wildman–Crippen MR) is 179 cm³/mol. The molecule has 5 aromatic rings. The van der Waals surface area contributed by atoms with Gasteiger partial charge in [-0.2, -0.15) is 5.26 Å². The van der Waals surface area contributed by atoms with Gasteiger partial charge in [-0.15, -0.1) is 0 Å². The van der Waals surface area contributed by atoms with Crippen LogP contribution in [0.2, 0.25) is 0 Å². The van der Waals surface area contributed by atoms with Crippen LogP contribution in [0.25, 0.3) is 11.3 Å². The molecule has 3 unspecified atom stereocenters. The van der Waals surface area contributed by atoms with Crippen molar-refractivity contribution < 1.29 is 0 Å².